The Kier molecular flexibility index (Phi) is 5.74. The number of amides is 2. The van der Waals surface area contributed by atoms with E-state index in [4.69, 9.17) is 9.15 Å². The maximum atomic E-state index is 12.5. The number of hydrogen-bond acceptors (Lipinski definition) is 5. The van der Waals surface area contributed by atoms with Gasteiger partial charge in [-0.2, -0.15) is 0 Å². The molecule has 2 N–H and O–H groups in total. The second-order valence-electron chi connectivity index (χ2n) is 6.21. The van der Waals surface area contributed by atoms with Crippen molar-refractivity contribution in [2.45, 2.75) is 20.3 Å². The number of carbonyl (C=O) groups is 2. The van der Waals surface area contributed by atoms with E-state index in [9.17, 15) is 9.59 Å². The van der Waals surface area contributed by atoms with Gasteiger partial charge in [0.05, 0.1) is 24.9 Å². The number of aryl methyl sites for hydroxylation is 1. The van der Waals surface area contributed by atoms with E-state index in [0.29, 0.717) is 34.5 Å². The number of methoxy groups -OCH3 is 1. The molecule has 0 unspecified atom stereocenters. The van der Waals surface area contributed by atoms with Crippen LogP contribution in [-0.2, 0) is 16.0 Å². The van der Waals surface area contributed by atoms with Crippen LogP contribution in [0.3, 0.4) is 0 Å². The van der Waals surface area contributed by atoms with Crippen LogP contribution in [0.1, 0.15) is 18.4 Å². The molecule has 7 heteroatoms. The van der Waals surface area contributed by atoms with E-state index in [1.165, 1.54) is 14.0 Å². The van der Waals surface area contributed by atoms with Crippen LogP contribution in [-0.4, -0.2) is 23.9 Å². The molecule has 1 aromatic heterocycles. The van der Waals surface area contributed by atoms with E-state index >= 15 is 0 Å². The van der Waals surface area contributed by atoms with Crippen LogP contribution < -0.4 is 15.4 Å². The summed E-state index contributed by atoms with van der Waals surface area (Å²) in [6.07, 6.45) is 0.0513. The number of benzene rings is 2. The first kappa shape index (κ1) is 19.2. The maximum Gasteiger partial charge on any atom is 0.230 e. The van der Waals surface area contributed by atoms with Crippen molar-refractivity contribution in [3.05, 3.63) is 60.0 Å². The highest BCUT2D eigenvalue weighted by Crippen LogP contribution is 2.28. The highest BCUT2D eigenvalue weighted by molar-refractivity contribution is 5.95. The number of ether oxygens (including phenoxy) is 1. The number of nitrogens with one attached hydrogen (secondary N) is 2. The van der Waals surface area contributed by atoms with Gasteiger partial charge in [0.1, 0.15) is 11.5 Å². The summed E-state index contributed by atoms with van der Waals surface area (Å²) in [6, 6.07) is 14.5. The number of rotatable bonds is 6. The monoisotopic (exact) mass is 379 g/mol. The molecule has 1 heterocycles. The third-order valence-electron chi connectivity index (χ3n) is 4.04. The molecule has 7 nitrogen and oxygen atoms in total. The van der Waals surface area contributed by atoms with E-state index in [1.807, 2.05) is 30.3 Å². The first-order valence-corrected chi connectivity index (χ1v) is 8.73. The smallest absolute Gasteiger partial charge is 0.230 e. The third kappa shape index (κ3) is 4.56. The number of carbonyl (C=O) groups excluding carboxylic acids is 2. The molecule has 0 aliphatic heterocycles. The zero-order chi connectivity index (χ0) is 20.1. The Morgan fingerprint density at radius 2 is 1.86 bits per heavy atom. The summed E-state index contributed by atoms with van der Waals surface area (Å²) >= 11 is 0. The van der Waals surface area contributed by atoms with Crippen LogP contribution in [0, 0.1) is 6.92 Å². The summed E-state index contributed by atoms with van der Waals surface area (Å²) in [5, 5.41) is 5.48. The average molecular weight is 379 g/mol. The Morgan fingerprint density at radius 3 is 2.54 bits per heavy atom. The predicted molar refractivity (Wildman–Crippen MR) is 106 cm³/mol. The van der Waals surface area contributed by atoms with Gasteiger partial charge in [0.25, 0.3) is 0 Å². The van der Waals surface area contributed by atoms with Gasteiger partial charge in [-0.15, -0.1) is 0 Å². The van der Waals surface area contributed by atoms with Crippen LogP contribution >= 0.6 is 0 Å². The Balaban J connectivity index is 1.76. The standard InChI is InChI=1S/C21H21N3O4/c1-13-17(24-21(28-13)15-7-5-4-6-8-15)12-20(26)23-18-11-16(22-14(2)25)9-10-19(18)27-3/h4-11H,12H2,1-3H3,(H,22,25)(H,23,26). The Labute approximate surface area is 162 Å². The molecule has 0 aliphatic rings. The van der Waals surface area contributed by atoms with Crippen molar-refractivity contribution in [3.63, 3.8) is 0 Å². The van der Waals surface area contributed by atoms with Crippen molar-refractivity contribution < 1.29 is 18.7 Å². The van der Waals surface area contributed by atoms with Crippen LogP contribution in [0.2, 0.25) is 0 Å². The van der Waals surface area contributed by atoms with Crippen molar-refractivity contribution in [3.8, 4) is 17.2 Å². The molecule has 0 radical (unpaired) electrons. The average Bonchev–Trinajstić information content (AvgIpc) is 3.02. The zero-order valence-corrected chi connectivity index (χ0v) is 15.9. The summed E-state index contributed by atoms with van der Waals surface area (Å²) in [6.45, 7) is 3.19. The highest BCUT2D eigenvalue weighted by atomic mass is 16.5. The molecule has 0 saturated heterocycles. The van der Waals surface area contributed by atoms with Crippen LogP contribution in [0.25, 0.3) is 11.5 Å². The Hall–Kier alpha value is -3.61. The van der Waals surface area contributed by atoms with Gasteiger partial charge in [-0.1, -0.05) is 18.2 Å². The lowest BCUT2D eigenvalue weighted by atomic mass is 10.2. The van der Waals surface area contributed by atoms with Crippen molar-refractivity contribution >= 4 is 23.2 Å². The minimum atomic E-state index is -0.269. The number of anilines is 2. The lowest BCUT2D eigenvalue weighted by Gasteiger charge is -2.12. The maximum absolute atomic E-state index is 12.5. The third-order valence-corrected chi connectivity index (χ3v) is 4.04. The van der Waals surface area contributed by atoms with Gasteiger partial charge < -0.3 is 19.8 Å². The largest absolute Gasteiger partial charge is 0.495 e. The van der Waals surface area contributed by atoms with E-state index in [2.05, 4.69) is 15.6 Å². The summed E-state index contributed by atoms with van der Waals surface area (Å²) in [5.41, 5.74) is 2.44. The molecule has 3 rings (SSSR count). The summed E-state index contributed by atoms with van der Waals surface area (Å²) in [4.78, 5) is 28.2. The number of oxazole rings is 1. The summed E-state index contributed by atoms with van der Waals surface area (Å²) in [7, 11) is 1.51. The minimum Gasteiger partial charge on any atom is -0.495 e. The van der Waals surface area contributed by atoms with Crippen molar-refractivity contribution in [2.75, 3.05) is 17.7 Å². The second-order valence-corrected chi connectivity index (χ2v) is 6.21. The second kappa shape index (κ2) is 8.39. The fourth-order valence-electron chi connectivity index (χ4n) is 2.73. The van der Waals surface area contributed by atoms with E-state index in [0.717, 1.165) is 5.56 Å². The molecule has 0 aliphatic carbocycles. The van der Waals surface area contributed by atoms with Gasteiger partial charge >= 0.3 is 0 Å². The molecular formula is C21H21N3O4. The molecule has 28 heavy (non-hydrogen) atoms. The lowest BCUT2D eigenvalue weighted by molar-refractivity contribution is -0.116. The molecule has 0 fully saturated rings. The first-order chi connectivity index (χ1) is 13.5. The van der Waals surface area contributed by atoms with Crippen LogP contribution in [0.4, 0.5) is 11.4 Å². The van der Waals surface area contributed by atoms with Gasteiger partial charge in [-0.05, 0) is 37.3 Å². The number of aromatic nitrogens is 1. The van der Waals surface area contributed by atoms with Crippen LogP contribution in [0.15, 0.2) is 52.9 Å². The first-order valence-electron chi connectivity index (χ1n) is 8.73. The quantitative estimate of drug-likeness (QED) is 0.679. The fourth-order valence-corrected chi connectivity index (χ4v) is 2.73. The number of nitrogens with zero attached hydrogens (tertiary/aromatic N) is 1. The molecule has 0 bridgehead atoms. The van der Waals surface area contributed by atoms with Crippen molar-refractivity contribution in [1.82, 2.24) is 4.98 Å². The molecule has 2 amide bonds. The molecule has 2 aromatic carbocycles. The topological polar surface area (TPSA) is 93.5 Å². The van der Waals surface area contributed by atoms with Crippen molar-refractivity contribution in [1.29, 1.82) is 0 Å². The molecule has 0 atom stereocenters. The number of hydrogen-bond donors (Lipinski definition) is 2. The van der Waals surface area contributed by atoms with Gasteiger partial charge in [0.2, 0.25) is 17.7 Å². The van der Waals surface area contributed by atoms with Gasteiger partial charge in [0, 0.05) is 18.2 Å². The van der Waals surface area contributed by atoms with E-state index in [1.54, 1.807) is 25.1 Å². The zero-order valence-electron chi connectivity index (χ0n) is 15.9. The Morgan fingerprint density at radius 1 is 1.11 bits per heavy atom. The highest BCUT2D eigenvalue weighted by Gasteiger charge is 2.16. The van der Waals surface area contributed by atoms with Crippen LogP contribution in [0.5, 0.6) is 5.75 Å². The summed E-state index contributed by atoms with van der Waals surface area (Å²) in [5.74, 6) is 1.09. The van der Waals surface area contributed by atoms with Gasteiger partial charge in [-0.25, -0.2) is 4.98 Å². The predicted octanol–water partition coefficient (Wildman–Crippen LogP) is 3.80. The molecule has 144 valence electrons. The van der Waals surface area contributed by atoms with E-state index < -0.39 is 0 Å². The molecule has 3 aromatic rings. The summed E-state index contributed by atoms with van der Waals surface area (Å²) < 4.78 is 11.0. The molecule has 0 spiro atoms. The molecular weight excluding hydrogens is 358 g/mol. The molecule has 0 saturated carbocycles. The normalized spacial score (nSPS) is 10.4. The van der Waals surface area contributed by atoms with Gasteiger partial charge in [-0.3, -0.25) is 9.59 Å². The minimum absolute atomic E-state index is 0.0513. The Bertz CT molecular complexity index is 996. The SMILES string of the molecule is COc1ccc(NC(C)=O)cc1NC(=O)Cc1nc(-c2ccccc2)oc1C. The lowest BCUT2D eigenvalue weighted by Crippen LogP contribution is -2.16. The van der Waals surface area contributed by atoms with E-state index in [-0.39, 0.29) is 18.2 Å². The fraction of sp³-hybridized carbons (Fsp3) is 0.190. The van der Waals surface area contributed by atoms with Gasteiger partial charge in [0.15, 0.2) is 0 Å². The van der Waals surface area contributed by atoms with Crippen molar-refractivity contribution in [2.24, 2.45) is 0 Å².